The number of aryl methyl sites for hydroxylation is 1. The Morgan fingerprint density at radius 1 is 1.32 bits per heavy atom. The van der Waals surface area contributed by atoms with Crippen molar-refractivity contribution in [2.45, 2.75) is 19.4 Å². The molecule has 1 heterocycles. The molecule has 2 rings (SSSR count). The van der Waals surface area contributed by atoms with Gasteiger partial charge in [0.2, 0.25) is 0 Å². The van der Waals surface area contributed by atoms with Crippen LogP contribution in [0.4, 0.5) is 0 Å². The number of benzene rings is 1. The predicted octanol–water partition coefficient (Wildman–Crippen LogP) is 3.86. The number of rotatable bonds is 5. The lowest BCUT2D eigenvalue weighted by Gasteiger charge is -2.14. The monoisotopic (exact) mass is 323 g/mol. The molecule has 0 spiro atoms. The Kier molecular flexibility index (Phi) is 4.66. The van der Waals surface area contributed by atoms with Gasteiger partial charge in [-0.1, -0.05) is 6.07 Å². The van der Waals surface area contributed by atoms with Crippen LogP contribution < -0.4 is 10.1 Å². The quantitative estimate of drug-likeness (QED) is 0.907. The summed E-state index contributed by atoms with van der Waals surface area (Å²) >= 11 is 3.51. The van der Waals surface area contributed by atoms with Crippen molar-refractivity contribution in [3.63, 3.8) is 0 Å². The highest BCUT2D eigenvalue weighted by Gasteiger charge is 2.14. The van der Waals surface area contributed by atoms with Crippen molar-refractivity contribution in [3.8, 4) is 5.75 Å². The van der Waals surface area contributed by atoms with Crippen molar-refractivity contribution in [3.05, 3.63) is 51.9 Å². The summed E-state index contributed by atoms with van der Waals surface area (Å²) in [6.45, 7) is 1.96. The summed E-state index contributed by atoms with van der Waals surface area (Å²) in [7, 11) is 3.61. The van der Waals surface area contributed by atoms with Crippen LogP contribution in [0, 0.1) is 6.92 Å². The number of nitrogens with one attached hydrogen (secondary N) is 1. The number of likely N-dealkylation sites (N-methyl/N-ethyl adjacent to an activating group) is 1. The van der Waals surface area contributed by atoms with Crippen LogP contribution in [-0.4, -0.2) is 14.2 Å². The summed E-state index contributed by atoms with van der Waals surface area (Å²) in [6, 6.07) is 10.3. The first-order valence-corrected chi connectivity index (χ1v) is 6.99. The standard InChI is InChI=1S/C15H18BrNO2/c1-10-4-6-15(19-10)13(17-2)9-11-5-7-14(18-3)12(16)8-11/h4-8,13,17H,9H2,1-3H3. The van der Waals surface area contributed by atoms with E-state index in [0.717, 1.165) is 28.2 Å². The molecule has 102 valence electrons. The van der Waals surface area contributed by atoms with Crippen LogP contribution in [0.3, 0.4) is 0 Å². The lowest BCUT2D eigenvalue weighted by Crippen LogP contribution is -2.18. The number of furan rings is 1. The summed E-state index contributed by atoms with van der Waals surface area (Å²) in [5.74, 6) is 2.75. The number of hydrogen-bond donors (Lipinski definition) is 1. The maximum absolute atomic E-state index is 5.68. The Morgan fingerprint density at radius 2 is 2.11 bits per heavy atom. The average Bonchev–Trinajstić information content (AvgIpc) is 2.82. The highest BCUT2D eigenvalue weighted by Crippen LogP contribution is 2.28. The zero-order chi connectivity index (χ0) is 13.8. The fourth-order valence-corrected chi connectivity index (χ4v) is 2.65. The normalized spacial score (nSPS) is 12.4. The molecule has 0 radical (unpaired) electrons. The fraction of sp³-hybridized carbons (Fsp3) is 0.333. The van der Waals surface area contributed by atoms with E-state index >= 15 is 0 Å². The van der Waals surface area contributed by atoms with E-state index in [1.54, 1.807) is 7.11 Å². The van der Waals surface area contributed by atoms with Crippen LogP contribution in [0.5, 0.6) is 5.75 Å². The van der Waals surface area contributed by atoms with Crippen LogP contribution in [0.1, 0.15) is 23.1 Å². The van der Waals surface area contributed by atoms with Gasteiger partial charge >= 0.3 is 0 Å². The molecule has 0 fully saturated rings. The molecule has 0 bridgehead atoms. The van der Waals surface area contributed by atoms with Gasteiger partial charge in [-0.15, -0.1) is 0 Å². The van der Waals surface area contributed by atoms with Gasteiger partial charge < -0.3 is 14.5 Å². The molecular weight excluding hydrogens is 306 g/mol. The predicted molar refractivity (Wildman–Crippen MR) is 79.6 cm³/mol. The minimum absolute atomic E-state index is 0.175. The van der Waals surface area contributed by atoms with Crippen molar-refractivity contribution in [1.29, 1.82) is 0 Å². The van der Waals surface area contributed by atoms with Gasteiger partial charge in [0.25, 0.3) is 0 Å². The van der Waals surface area contributed by atoms with E-state index in [0.29, 0.717) is 0 Å². The first-order valence-electron chi connectivity index (χ1n) is 6.20. The van der Waals surface area contributed by atoms with E-state index < -0.39 is 0 Å². The van der Waals surface area contributed by atoms with Gasteiger partial charge in [-0.05, 0) is 66.2 Å². The molecule has 1 unspecified atom stereocenters. The first-order chi connectivity index (χ1) is 9.13. The second-order valence-electron chi connectivity index (χ2n) is 4.46. The van der Waals surface area contributed by atoms with E-state index in [1.165, 1.54) is 5.56 Å². The van der Waals surface area contributed by atoms with Gasteiger partial charge in [0, 0.05) is 0 Å². The largest absolute Gasteiger partial charge is 0.496 e. The molecular formula is C15H18BrNO2. The molecule has 0 amide bonds. The number of hydrogen-bond acceptors (Lipinski definition) is 3. The molecule has 0 aliphatic heterocycles. The lowest BCUT2D eigenvalue weighted by atomic mass is 10.0. The van der Waals surface area contributed by atoms with Gasteiger partial charge in [0.1, 0.15) is 17.3 Å². The molecule has 2 aromatic rings. The zero-order valence-electron chi connectivity index (χ0n) is 11.4. The van der Waals surface area contributed by atoms with E-state index in [4.69, 9.17) is 9.15 Å². The third kappa shape index (κ3) is 3.39. The fourth-order valence-electron chi connectivity index (χ4n) is 2.06. The van der Waals surface area contributed by atoms with Crippen molar-refractivity contribution in [2.75, 3.05) is 14.2 Å². The maximum atomic E-state index is 5.68. The van der Waals surface area contributed by atoms with Crippen molar-refractivity contribution < 1.29 is 9.15 Å². The minimum Gasteiger partial charge on any atom is -0.496 e. The molecule has 3 nitrogen and oxygen atoms in total. The number of halogens is 1. The van der Waals surface area contributed by atoms with Gasteiger partial charge in [-0.25, -0.2) is 0 Å². The van der Waals surface area contributed by atoms with Crippen molar-refractivity contribution in [2.24, 2.45) is 0 Å². The van der Waals surface area contributed by atoms with Gasteiger partial charge in [-0.3, -0.25) is 0 Å². The summed E-state index contributed by atoms with van der Waals surface area (Å²) in [5.41, 5.74) is 1.22. The van der Waals surface area contributed by atoms with Crippen LogP contribution >= 0.6 is 15.9 Å². The van der Waals surface area contributed by atoms with Crippen LogP contribution in [0.15, 0.2) is 39.2 Å². The first kappa shape index (κ1) is 14.2. The van der Waals surface area contributed by atoms with Gasteiger partial charge in [-0.2, -0.15) is 0 Å². The number of methoxy groups -OCH3 is 1. The smallest absolute Gasteiger partial charge is 0.133 e. The third-order valence-corrected chi connectivity index (χ3v) is 3.73. The average molecular weight is 324 g/mol. The van der Waals surface area contributed by atoms with Crippen molar-refractivity contribution >= 4 is 15.9 Å². The molecule has 0 aliphatic carbocycles. The summed E-state index contributed by atoms with van der Waals surface area (Å²) < 4.78 is 11.9. The molecule has 19 heavy (non-hydrogen) atoms. The summed E-state index contributed by atoms with van der Waals surface area (Å²) in [5, 5.41) is 3.29. The van der Waals surface area contributed by atoms with Crippen LogP contribution in [0.25, 0.3) is 0 Å². The zero-order valence-corrected chi connectivity index (χ0v) is 13.0. The van der Waals surface area contributed by atoms with E-state index in [-0.39, 0.29) is 6.04 Å². The molecule has 0 saturated carbocycles. The second kappa shape index (κ2) is 6.26. The lowest BCUT2D eigenvalue weighted by molar-refractivity contribution is 0.409. The molecule has 0 saturated heterocycles. The Bertz CT molecular complexity index is 551. The Morgan fingerprint density at radius 3 is 2.63 bits per heavy atom. The maximum Gasteiger partial charge on any atom is 0.133 e. The summed E-state index contributed by atoms with van der Waals surface area (Å²) in [4.78, 5) is 0. The Balaban J connectivity index is 2.16. The molecule has 1 aromatic carbocycles. The molecule has 0 aliphatic rings. The third-order valence-electron chi connectivity index (χ3n) is 3.11. The highest BCUT2D eigenvalue weighted by molar-refractivity contribution is 9.10. The van der Waals surface area contributed by atoms with Gasteiger partial charge in [0.15, 0.2) is 0 Å². The molecule has 1 N–H and O–H groups in total. The van der Waals surface area contributed by atoms with Crippen LogP contribution in [0.2, 0.25) is 0 Å². The Labute approximate surface area is 122 Å². The molecule has 1 aromatic heterocycles. The van der Waals surface area contributed by atoms with Gasteiger partial charge in [0.05, 0.1) is 17.6 Å². The minimum atomic E-state index is 0.175. The second-order valence-corrected chi connectivity index (χ2v) is 5.32. The van der Waals surface area contributed by atoms with E-state index in [9.17, 15) is 0 Å². The number of ether oxygens (including phenoxy) is 1. The Hall–Kier alpha value is -1.26. The molecule has 1 atom stereocenters. The molecule has 4 heteroatoms. The SMILES string of the molecule is CNC(Cc1ccc(OC)c(Br)c1)c1ccc(C)o1. The topological polar surface area (TPSA) is 34.4 Å². The highest BCUT2D eigenvalue weighted by atomic mass is 79.9. The van der Waals surface area contributed by atoms with Crippen molar-refractivity contribution in [1.82, 2.24) is 5.32 Å². The summed E-state index contributed by atoms with van der Waals surface area (Å²) in [6.07, 6.45) is 0.867. The van der Waals surface area contributed by atoms with E-state index in [2.05, 4.69) is 33.4 Å². The van der Waals surface area contributed by atoms with Crippen LogP contribution in [-0.2, 0) is 6.42 Å². The van der Waals surface area contributed by atoms with E-state index in [1.807, 2.05) is 32.2 Å².